The number of ether oxygens (including phenoxy) is 1. The number of halogens is 3. The van der Waals surface area contributed by atoms with Crippen molar-refractivity contribution in [2.45, 2.75) is 19.7 Å². The molecule has 126 valence electrons. The van der Waals surface area contributed by atoms with Gasteiger partial charge in [0.1, 0.15) is 6.61 Å². The van der Waals surface area contributed by atoms with Gasteiger partial charge in [-0.2, -0.15) is 13.2 Å². The van der Waals surface area contributed by atoms with Crippen LogP contribution in [0.3, 0.4) is 0 Å². The molecule has 0 spiro atoms. The highest BCUT2D eigenvalue weighted by Crippen LogP contribution is 2.32. The Balaban J connectivity index is 2.23. The summed E-state index contributed by atoms with van der Waals surface area (Å²) in [6, 6.07) is 7.52. The SMILES string of the molecule is CC(=O)Nc1cc(C(=O)OCc2ccccn2)cc(C(F)(F)F)c1. The van der Waals surface area contributed by atoms with Crippen LogP contribution in [0.2, 0.25) is 0 Å². The van der Waals surface area contributed by atoms with Crippen molar-refractivity contribution in [3.8, 4) is 0 Å². The lowest BCUT2D eigenvalue weighted by Crippen LogP contribution is -2.13. The topological polar surface area (TPSA) is 68.3 Å². The van der Waals surface area contributed by atoms with Gasteiger partial charge in [0.2, 0.25) is 5.91 Å². The quantitative estimate of drug-likeness (QED) is 0.868. The average Bonchev–Trinajstić information content (AvgIpc) is 2.52. The summed E-state index contributed by atoms with van der Waals surface area (Å²) in [7, 11) is 0. The van der Waals surface area contributed by atoms with E-state index in [2.05, 4.69) is 10.3 Å². The van der Waals surface area contributed by atoms with Crippen LogP contribution in [-0.2, 0) is 22.3 Å². The smallest absolute Gasteiger partial charge is 0.416 e. The Kier molecular flexibility index (Phi) is 5.18. The number of hydrogen-bond donors (Lipinski definition) is 1. The van der Waals surface area contributed by atoms with Gasteiger partial charge in [-0.3, -0.25) is 9.78 Å². The Morgan fingerprint density at radius 2 is 1.96 bits per heavy atom. The van der Waals surface area contributed by atoms with Crippen molar-refractivity contribution in [3.63, 3.8) is 0 Å². The lowest BCUT2D eigenvalue weighted by molar-refractivity contribution is -0.137. The van der Waals surface area contributed by atoms with E-state index in [-0.39, 0.29) is 17.9 Å². The molecule has 1 N–H and O–H groups in total. The number of nitrogens with zero attached hydrogens (tertiary/aromatic N) is 1. The van der Waals surface area contributed by atoms with Crippen LogP contribution in [0.4, 0.5) is 18.9 Å². The van der Waals surface area contributed by atoms with Crippen molar-refractivity contribution in [2.75, 3.05) is 5.32 Å². The molecule has 0 aliphatic heterocycles. The number of carbonyl (C=O) groups excluding carboxylic acids is 2. The van der Waals surface area contributed by atoms with E-state index < -0.39 is 23.6 Å². The Morgan fingerprint density at radius 3 is 2.54 bits per heavy atom. The van der Waals surface area contributed by atoms with Gasteiger partial charge in [0, 0.05) is 18.8 Å². The molecule has 2 rings (SSSR count). The summed E-state index contributed by atoms with van der Waals surface area (Å²) in [6.07, 6.45) is -3.16. The first kappa shape index (κ1) is 17.5. The molecule has 5 nitrogen and oxygen atoms in total. The molecule has 24 heavy (non-hydrogen) atoms. The first-order valence-electron chi connectivity index (χ1n) is 6.82. The normalized spacial score (nSPS) is 11.0. The van der Waals surface area contributed by atoms with Crippen LogP contribution in [0, 0.1) is 0 Å². The number of aromatic nitrogens is 1. The number of carbonyl (C=O) groups is 2. The molecule has 1 amide bonds. The van der Waals surface area contributed by atoms with Crippen LogP contribution in [0.5, 0.6) is 0 Å². The fourth-order valence-electron chi connectivity index (χ4n) is 1.89. The fraction of sp³-hybridized carbons (Fsp3) is 0.188. The van der Waals surface area contributed by atoms with E-state index in [1.165, 1.54) is 6.20 Å². The third-order valence-corrected chi connectivity index (χ3v) is 2.89. The van der Waals surface area contributed by atoms with Gasteiger partial charge in [0.25, 0.3) is 0 Å². The summed E-state index contributed by atoms with van der Waals surface area (Å²) in [4.78, 5) is 27.0. The van der Waals surface area contributed by atoms with Gasteiger partial charge in [-0.15, -0.1) is 0 Å². The summed E-state index contributed by atoms with van der Waals surface area (Å²) >= 11 is 0. The van der Waals surface area contributed by atoms with Gasteiger partial charge in [-0.05, 0) is 30.3 Å². The lowest BCUT2D eigenvalue weighted by atomic mass is 10.1. The van der Waals surface area contributed by atoms with Crippen LogP contribution in [-0.4, -0.2) is 16.9 Å². The standard InChI is InChI=1S/C16H13F3N2O3/c1-10(22)21-14-7-11(6-12(8-14)16(17,18)19)15(23)24-9-13-4-2-3-5-20-13/h2-8H,9H2,1H3,(H,21,22). The Bertz CT molecular complexity index is 746. The van der Waals surface area contributed by atoms with Crippen molar-refractivity contribution in [2.24, 2.45) is 0 Å². The minimum atomic E-state index is -4.66. The molecular formula is C16H13F3N2O3. The molecule has 1 aromatic heterocycles. The molecule has 8 heteroatoms. The minimum absolute atomic E-state index is 0.137. The number of anilines is 1. The molecule has 0 radical (unpaired) electrons. The second kappa shape index (κ2) is 7.12. The predicted octanol–water partition coefficient (Wildman–Crippen LogP) is 3.42. The maximum absolute atomic E-state index is 12.9. The Labute approximate surface area is 135 Å². The number of benzene rings is 1. The number of hydrogen-bond acceptors (Lipinski definition) is 4. The first-order valence-corrected chi connectivity index (χ1v) is 6.82. The van der Waals surface area contributed by atoms with Crippen molar-refractivity contribution in [1.29, 1.82) is 0 Å². The van der Waals surface area contributed by atoms with Crippen molar-refractivity contribution in [1.82, 2.24) is 4.98 Å². The zero-order valence-corrected chi connectivity index (χ0v) is 12.6. The van der Waals surface area contributed by atoms with Crippen LogP contribution in [0.15, 0.2) is 42.6 Å². The largest absolute Gasteiger partial charge is 0.456 e. The highest BCUT2D eigenvalue weighted by Gasteiger charge is 2.32. The number of alkyl halides is 3. The average molecular weight is 338 g/mol. The third kappa shape index (κ3) is 4.80. The zero-order valence-electron chi connectivity index (χ0n) is 12.6. The summed E-state index contributed by atoms with van der Waals surface area (Å²) in [5.41, 5.74) is -1.05. The van der Waals surface area contributed by atoms with Gasteiger partial charge in [-0.25, -0.2) is 4.79 Å². The van der Waals surface area contributed by atoms with Crippen LogP contribution < -0.4 is 5.32 Å². The highest BCUT2D eigenvalue weighted by molar-refractivity contribution is 5.94. The molecule has 0 saturated carbocycles. The van der Waals surface area contributed by atoms with E-state index in [0.29, 0.717) is 11.8 Å². The van der Waals surface area contributed by atoms with Crippen molar-refractivity contribution < 1.29 is 27.5 Å². The minimum Gasteiger partial charge on any atom is -0.456 e. The number of nitrogens with one attached hydrogen (secondary N) is 1. The Hall–Kier alpha value is -2.90. The van der Waals surface area contributed by atoms with E-state index in [0.717, 1.165) is 19.1 Å². The highest BCUT2D eigenvalue weighted by atomic mass is 19.4. The van der Waals surface area contributed by atoms with Crippen LogP contribution in [0.25, 0.3) is 0 Å². The third-order valence-electron chi connectivity index (χ3n) is 2.89. The molecule has 0 atom stereocenters. The second-order valence-corrected chi connectivity index (χ2v) is 4.88. The van der Waals surface area contributed by atoms with Gasteiger partial charge in [0.15, 0.2) is 0 Å². The maximum atomic E-state index is 12.9. The van der Waals surface area contributed by atoms with Crippen LogP contribution in [0.1, 0.15) is 28.5 Å². The van der Waals surface area contributed by atoms with Gasteiger partial charge >= 0.3 is 12.1 Å². The molecule has 2 aromatic rings. The fourth-order valence-corrected chi connectivity index (χ4v) is 1.89. The van der Waals surface area contributed by atoms with Crippen molar-refractivity contribution in [3.05, 3.63) is 59.4 Å². The van der Waals surface area contributed by atoms with Gasteiger partial charge < -0.3 is 10.1 Å². The number of amides is 1. The Morgan fingerprint density at radius 1 is 1.21 bits per heavy atom. The van der Waals surface area contributed by atoms with E-state index in [9.17, 15) is 22.8 Å². The zero-order chi connectivity index (χ0) is 17.7. The van der Waals surface area contributed by atoms with E-state index in [1.807, 2.05) is 0 Å². The summed E-state index contributed by atoms with van der Waals surface area (Å²) in [6.45, 7) is 0.977. The maximum Gasteiger partial charge on any atom is 0.416 e. The second-order valence-electron chi connectivity index (χ2n) is 4.88. The van der Waals surface area contributed by atoms with Crippen LogP contribution >= 0.6 is 0 Å². The monoisotopic (exact) mass is 338 g/mol. The summed E-state index contributed by atoms with van der Waals surface area (Å²) in [5.74, 6) is -1.50. The molecule has 0 unspecified atom stereocenters. The molecule has 0 aliphatic rings. The molecular weight excluding hydrogens is 325 g/mol. The lowest BCUT2D eigenvalue weighted by Gasteiger charge is -2.12. The predicted molar refractivity (Wildman–Crippen MR) is 79.1 cm³/mol. The molecule has 1 aromatic carbocycles. The molecule has 0 saturated heterocycles. The van der Waals surface area contributed by atoms with Gasteiger partial charge in [0.05, 0.1) is 16.8 Å². The first-order chi connectivity index (χ1) is 11.3. The number of rotatable bonds is 4. The summed E-state index contributed by atoms with van der Waals surface area (Å²) < 4.78 is 43.7. The molecule has 0 bridgehead atoms. The number of esters is 1. The van der Waals surface area contributed by atoms with E-state index in [4.69, 9.17) is 4.74 Å². The molecule has 0 fully saturated rings. The number of pyridine rings is 1. The summed E-state index contributed by atoms with van der Waals surface area (Å²) in [5, 5.41) is 2.23. The van der Waals surface area contributed by atoms with E-state index >= 15 is 0 Å². The molecule has 1 heterocycles. The van der Waals surface area contributed by atoms with Gasteiger partial charge in [-0.1, -0.05) is 6.07 Å². The van der Waals surface area contributed by atoms with Crippen molar-refractivity contribution >= 4 is 17.6 Å². The van der Waals surface area contributed by atoms with E-state index in [1.54, 1.807) is 18.2 Å². The molecule has 0 aliphatic carbocycles.